The maximum atomic E-state index is 9.32. The molecule has 2 aliphatic rings. The predicted octanol–water partition coefficient (Wildman–Crippen LogP) is 2.80. The van der Waals surface area contributed by atoms with Crippen LogP contribution in [0.15, 0.2) is 22.7 Å². The molecule has 0 spiro atoms. The van der Waals surface area contributed by atoms with Crippen molar-refractivity contribution in [3.63, 3.8) is 0 Å². The Morgan fingerprint density at radius 1 is 1.41 bits per heavy atom. The number of benzene rings is 1. The summed E-state index contributed by atoms with van der Waals surface area (Å²) in [7, 11) is 0. The van der Waals surface area contributed by atoms with E-state index in [1.165, 1.54) is 36.8 Å². The minimum atomic E-state index is 0.203. The third-order valence-electron chi connectivity index (χ3n) is 4.20. The third kappa shape index (κ3) is 2.28. The highest BCUT2D eigenvalue weighted by Crippen LogP contribution is 2.45. The Morgan fingerprint density at radius 2 is 2.24 bits per heavy atom. The number of aryl methyl sites for hydroxylation is 1. The van der Waals surface area contributed by atoms with Crippen LogP contribution in [0.25, 0.3) is 0 Å². The van der Waals surface area contributed by atoms with E-state index in [9.17, 15) is 5.11 Å². The first-order valence-corrected chi connectivity index (χ1v) is 7.14. The SMILES string of the molecule is OCC1(CNC2CCc3ccc(Br)cc32)CC1. The molecule has 0 radical (unpaired) electrons. The zero-order valence-electron chi connectivity index (χ0n) is 9.88. The van der Waals surface area contributed by atoms with E-state index in [-0.39, 0.29) is 5.41 Å². The smallest absolute Gasteiger partial charge is 0.0499 e. The van der Waals surface area contributed by atoms with Crippen molar-refractivity contribution >= 4 is 15.9 Å². The molecule has 0 heterocycles. The van der Waals surface area contributed by atoms with Crippen molar-refractivity contribution in [3.8, 4) is 0 Å². The first kappa shape index (κ1) is 11.7. The van der Waals surface area contributed by atoms with Gasteiger partial charge >= 0.3 is 0 Å². The fraction of sp³-hybridized carbons (Fsp3) is 0.571. The van der Waals surface area contributed by atoms with Crippen LogP contribution in [0.3, 0.4) is 0 Å². The van der Waals surface area contributed by atoms with Gasteiger partial charge in [0.2, 0.25) is 0 Å². The van der Waals surface area contributed by atoms with Gasteiger partial charge in [0.25, 0.3) is 0 Å². The molecule has 0 saturated heterocycles. The molecule has 1 unspecified atom stereocenters. The number of nitrogens with one attached hydrogen (secondary N) is 1. The zero-order valence-corrected chi connectivity index (χ0v) is 11.5. The summed E-state index contributed by atoms with van der Waals surface area (Å²) in [5.41, 5.74) is 3.11. The summed E-state index contributed by atoms with van der Waals surface area (Å²) in [6, 6.07) is 7.06. The van der Waals surface area contributed by atoms with Crippen LogP contribution in [0.4, 0.5) is 0 Å². The summed E-state index contributed by atoms with van der Waals surface area (Å²) in [5.74, 6) is 0. The zero-order chi connectivity index (χ0) is 11.9. The Morgan fingerprint density at radius 3 is 2.94 bits per heavy atom. The molecule has 1 aromatic rings. The van der Waals surface area contributed by atoms with Crippen LogP contribution in [0.2, 0.25) is 0 Å². The second-order valence-corrected chi connectivity index (χ2v) is 6.39. The maximum Gasteiger partial charge on any atom is 0.0499 e. The van der Waals surface area contributed by atoms with Gasteiger partial charge in [-0.15, -0.1) is 0 Å². The molecule has 1 saturated carbocycles. The van der Waals surface area contributed by atoms with Crippen LogP contribution in [-0.4, -0.2) is 18.3 Å². The summed E-state index contributed by atoms with van der Waals surface area (Å²) in [4.78, 5) is 0. The van der Waals surface area contributed by atoms with Gasteiger partial charge in [0.1, 0.15) is 0 Å². The highest BCUT2D eigenvalue weighted by Gasteiger charge is 2.42. The molecule has 0 aliphatic heterocycles. The standard InChI is InChI=1S/C14H18BrNO/c15-11-3-1-10-2-4-13(12(10)7-11)16-8-14(9-17)5-6-14/h1,3,7,13,16-17H,2,4-6,8-9H2. The molecule has 0 bridgehead atoms. The van der Waals surface area contributed by atoms with E-state index in [2.05, 4.69) is 39.4 Å². The topological polar surface area (TPSA) is 32.3 Å². The van der Waals surface area contributed by atoms with Crippen LogP contribution < -0.4 is 5.32 Å². The van der Waals surface area contributed by atoms with Crippen molar-refractivity contribution < 1.29 is 5.11 Å². The molecule has 2 aliphatic carbocycles. The number of hydrogen-bond acceptors (Lipinski definition) is 2. The molecule has 3 rings (SSSR count). The van der Waals surface area contributed by atoms with Gasteiger partial charge in [0.15, 0.2) is 0 Å². The number of halogens is 1. The Labute approximate surface area is 111 Å². The summed E-state index contributed by atoms with van der Waals surface area (Å²) in [6.07, 6.45) is 4.71. The van der Waals surface area contributed by atoms with Crippen LogP contribution in [0.5, 0.6) is 0 Å². The Hall–Kier alpha value is -0.380. The molecule has 92 valence electrons. The van der Waals surface area contributed by atoms with E-state index in [4.69, 9.17) is 0 Å². The quantitative estimate of drug-likeness (QED) is 0.895. The van der Waals surface area contributed by atoms with Crippen LogP contribution >= 0.6 is 15.9 Å². The van der Waals surface area contributed by atoms with E-state index >= 15 is 0 Å². The van der Waals surface area contributed by atoms with Gasteiger partial charge < -0.3 is 10.4 Å². The van der Waals surface area contributed by atoms with Crippen molar-refractivity contribution in [2.45, 2.75) is 31.7 Å². The van der Waals surface area contributed by atoms with E-state index in [0.717, 1.165) is 11.0 Å². The average Bonchev–Trinajstić information content (AvgIpc) is 3.02. The van der Waals surface area contributed by atoms with Crippen LogP contribution in [0, 0.1) is 5.41 Å². The first-order chi connectivity index (χ1) is 8.22. The van der Waals surface area contributed by atoms with Gasteiger partial charge in [-0.25, -0.2) is 0 Å². The largest absolute Gasteiger partial charge is 0.396 e. The number of aliphatic hydroxyl groups is 1. The lowest BCUT2D eigenvalue weighted by Crippen LogP contribution is -2.29. The summed E-state index contributed by atoms with van der Waals surface area (Å²) in [6.45, 7) is 1.29. The van der Waals surface area contributed by atoms with E-state index in [1.807, 2.05) is 0 Å². The highest BCUT2D eigenvalue weighted by molar-refractivity contribution is 9.10. The molecular weight excluding hydrogens is 278 g/mol. The maximum absolute atomic E-state index is 9.32. The molecule has 17 heavy (non-hydrogen) atoms. The Kier molecular flexibility index (Phi) is 3.01. The minimum absolute atomic E-state index is 0.203. The predicted molar refractivity (Wildman–Crippen MR) is 72.0 cm³/mol. The average molecular weight is 296 g/mol. The molecule has 1 aromatic carbocycles. The fourth-order valence-corrected chi connectivity index (χ4v) is 3.07. The molecule has 3 heteroatoms. The fourth-order valence-electron chi connectivity index (χ4n) is 2.69. The number of hydrogen-bond donors (Lipinski definition) is 2. The van der Waals surface area contributed by atoms with Gasteiger partial charge in [-0.1, -0.05) is 22.0 Å². The van der Waals surface area contributed by atoms with Crippen LogP contribution in [-0.2, 0) is 6.42 Å². The van der Waals surface area contributed by atoms with Gasteiger partial charge in [-0.2, -0.15) is 0 Å². The molecule has 0 aromatic heterocycles. The summed E-state index contributed by atoms with van der Waals surface area (Å²) < 4.78 is 1.16. The van der Waals surface area contributed by atoms with Crippen molar-refractivity contribution in [2.75, 3.05) is 13.2 Å². The van der Waals surface area contributed by atoms with Crippen molar-refractivity contribution in [1.29, 1.82) is 0 Å². The lowest BCUT2D eigenvalue weighted by molar-refractivity contribution is 0.204. The van der Waals surface area contributed by atoms with Crippen LogP contribution in [0.1, 0.15) is 36.4 Å². The van der Waals surface area contributed by atoms with Crippen molar-refractivity contribution in [3.05, 3.63) is 33.8 Å². The molecule has 1 atom stereocenters. The molecule has 2 N–H and O–H groups in total. The van der Waals surface area contributed by atoms with Gasteiger partial charge in [0.05, 0.1) is 0 Å². The van der Waals surface area contributed by atoms with Gasteiger partial charge in [-0.3, -0.25) is 0 Å². The highest BCUT2D eigenvalue weighted by atomic mass is 79.9. The van der Waals surface area contributed by atoms with Crippen molar-refractivity contribution in [1.82, 2.24) is 5.32 Å². The summed E-state index contributed by atoms with van der Waals surface area (Å²) in [5, 5.41) is 13.0. The first-order valence-electron chi connectivity index (χ1n) is 6.35. The molecular formula is C14H18BrNO. The summed E-state index contributed by atoms with van der Waals surface area (Å²) >= 11 is 3.54. The van der Waals surface area contributed by atoms with E-state index < -0.39 is 0 Å². The third-order valence-corrected chi connectivity index (χ3v) is 4.69. The second-order valence-electron chi connectivity index (χ2n) is 5.47. The molecule has 0 amide bonds. The molecule has 1 fully saturated rings. The second kappa shape index (κ2) is 4.38. The molecule has 2 nitrogen and oxygen atoms in total. The van der Waals surface area contributed by atoms with Gasteiger partial charge in [-0.05, 0) is 48.9 Å². The number of aliphatic hydroxyl groups excluding tert-OH is 1. The van der Waals surface area contributed by atoms with E-state index in [1.54, 1.807) is 0 Å². The number of fused-ring (bicyclic) bond motifs is 1. The van der Waals surface area contributed by atoms with Gasteiger partial charge in [0, 0.05) is 29.1 Å². The monoisotopic (exact) mass is 295 g/mol. The number of rotatable bonds is 4. The van der Waals surface area contributed by atoms with Crippen molar-refractivity contribution in [2.24, 2.45) is 5.41 Å². The van der Waals surface area contributed by atoms with E-state index in [0.29, 0.717) is 12.6 Å². The Balaban J connectivity index is 1.69. The lowest BCUT2D eigenvalue weighted by atomic mass is 10.1. The normalized spacial score (nSPS) is 24.7. The lowest BCUT2D eigenvalue weighted by Gasteiger charge is -2.18. The minimum Gasteiger partial charge on any atom is -0.396 e. The Bertz CT molecular complexity index is 428.